The summed E-state index contributed by atoms with van der Waals surface area (Å²) in [5.74, 6) is 0.392. The van der Waals surface area contributed by atoms with Crippen LogP contribution in [-0.2, 0) is 15.9 Å². The number of ether oxygens (including phenoxy) is 2. The second-order valence-electron chi connectivity index (χ2n) is 5.60. The maximum Gasteiger partial charge on any atom is 0.317 e. The van der Waals surface area contributed by atoms with E-state index in [0.29, 0.717) is 25.6 Å². The van der Waals surface area contributed by atoms with Crippen molar-refractivity contribution in [1.82, 2.24) is 20.2 Å². The first kappa shape index (κ1) is 14.8. The number of nitrogens with one attached hydrogen (secondary N) is 2. The molecule has 4 rings (SSSR count). The zero-order chi connectivity index (χ0) is 16.5. The summed E-state index contributed by atoms with van der Waals surface area (Å²) >= 11 is 0. The van der Waals surface area contributed by atoms with Gasteiger partial charge in [0.25, 0.3) is 0 Å². The molecule has 2 aromatic heterocycles. The van der Waals surface area contributed by atoms with Crippen molar-refractivity contribution in [2.45, 2.75) is 12.5 Å². The third-order valence-corrected chi connectivity index (χ3v) is 3.95. The van der Waals surface area contributed by atoms with Crippen molar-refractivity contribution in [3.63, 3.8) is 0 Å². The number of aromatic amines is 2. The van der Waals surface area contributed by atoms with Crippen molar-refractivity contribution in [1.29, 1.82) is 0 Å². The van der Waals surface area contributed by atoms with E-state index >= 15 is 0 Å². The van der Waals surface area contributed by atoms with Gasteiger partial charge in [-0.3, -0.25) is 15.2 Å². The van der Waals surface area contributed by atoms with Crippen molar-refractivity contribution in [3.05, 3.63) is 40.1 Å². The highest BCUT2D eigenvalue weighted by Gasteiger charge is 2.21. The fourth-order valence-electron chi connectivity index (χ4n) is 2.81. The Morgan fingerprint density at radius 3 is 3.08 bits per heavy atom. The molecule has 1 fully saturated rings. The van der Waals surface area contributed by atoms with Crippen LogP contribution in [0.25, 0.3) is 22.6 Å². The van der Waals surface area contributed by atoms with Crippen LogP contribution >= 0.6 is 0 Å². The minimum absolute atomic E-state index is 0.0484. The topological polar surface area (TPSA) is 119 Å². The van der Waals surface area contributed by atoms with Gasteiger partial charge in [-0.05, 0) is 17.7 Å². The smallest absolute Gasteiger partial charge is 0.317 e. The van der Waals surface area contributed by atoms with Gasteiger partial charge in [0, 0.05) is 6.42 Å². The molecule has 24 heavy (non-hydrogen) atoms. The molecule has 0 aliphatic carbocycles. The van der Waals surface area contributed by atoms with Crippen LogP contribution in [0.2, 0.25) is 0 Å². The largest absolute Gasteiger partial charge is 0.376 e. The fourth-order valence-corrected chi connectivity index (χ4v) is 2.81. The van der Waals surface area contributed by atoms with Crippen molar-refractivity contribution in [3.8, 4) is 11.5 Å². The first-order chi connectivity index (χ1) is 11.7. The average Bonchev–Trinajstić information content (AvgIpc) is 3.22. The second kappa shape index (κ2) is 6.02. The molecule has 0 saturated carbocycles. The predicted molar refractivity (Wildman–Crippen MR) is 84.6 cm³/mol. The quantitative estimate of drug-likeness (QED) is 0.556. The van der Waals surface area contributed by atoms with Crippen LogP contribution in [0.1, 0.15) is 5.56 Å². The first-order valence-corrected chi connectivity index (χ1v) is 7.57. The molecule has 1 atom stereocenters. The molecule has 1 saturated heterocycles. The van der Waals surface area contributed by atoms with E-state index < -0.39 is 4.92 Å². The van der Waals surface area contributed by atoms with Crippen LogP contribution < -0.4 is 0 Å². The van der Waals surface area contributed by atoms with Gasteiger partial charge in [-0.1, -0.05) is 6.07 Å². The second-order valence-corrected chi connectivity index (χ2v) is 5.60. The van der Waals surface area contributed by atoms with Gasteiger partial charge in [-0.2, -0.15) is 5.10 Å². The van der Waals surface area contributed by atoms with Crippen LogP contribution in [0, 0.1) is 10.1 Å². The molecular weight excluding hydrogens is 314 g/mol. The number of aromatic nitrogens is 4. The van der Waals surface area contributed by atoms with Gasteiger partial charge in [-0.25, -0.2) is 4.98 Å². The summed E-state index contributed by atoms with van der Waals surface area (Å²) < 4.78 is 11.1. The Hall–Kier alpha value is -2.78. The molecule has 2 N–H and O–H groups in total. The summed E-state index contributed by atoms with van der Waals surface area (Å²) in [5.41, 5.74) is 2.79. The van der Waals surface area contributed by atoms with Crippen LogP contribution in [0.3, 0.4) is 0 Å². The van der Waals surface area contributed by atoms with Crippen LogP contribution in [-0.4, -0.2) is 51.0 Å². The number of H-pyrrole nitrogens is 2. The molecular formula is C15H15N5O4. The number of benzene rings is 1. The van der Waals surface area contributed by atoms with E-state index in [9.17, 15) is 10.1 Å². The summed E-state index contributed by atoms with van der Waals surface area (Å²) in [6, 6.07) is 5.84. The lowest BCUT2D eigenvalue weighted by Gasteiger charge is -2.22. The molecule has 9 nitrogen and oxygen atoms in total. The molecule has 9 heteroatoms. The van der Waals surface area contributed by atoms with Crippen LogP contribution in [0.4, 0.5) is 5.69 Å². The standard InChI is InChI=1S/C15H15N5O4/c21-20(22)13-7-16-19-14(13)15-17-11-2-1-9(6-12(11)18-15)5-10-8-23-3-4-24-10/h1-2,6-7,10H,3-5,8H2,(H,16,19)(H,17,18)/t10-/m1/s1. The van der Waals surface area contributed by atoms with E-state index in [4.69, 9.17) is 9.47 Å². The SMILES string of the molecule is O=[N+]([O-])c1cn[nH]c1-c1nc2ccc(C[C@@H]3COCCO3)cc2[nH]1. The van der Waals surface area contributed by atoms with Crippen LogP contribution in [0.5, 0.6) is 0 Å². The third kappa shape index (κ3) is 2.74. The molecule has 3 heterocycles. The van der Waals surface area contributed by atoms with Gasteiger partial charge >= 0.3 is 5.69 Å². The number of rotatable bonds is 4. The number of nitro groups is 1. The highest BCUT2D eigenvalue weighted by Crippen LogP contribution is 2.27. The summed E-state index contributed by atoms with van der Waals surface area (Å²) in [6.07, 6.45) is 1.97. The Morgan fingerprint density at radius 2 is 2.29 bits per heavy atom. The number of hydrogen-bond acceptors (Lipinski definition) is 6. The van der Waals surface area contributed by atoms with Gasteiger partial charge < -0.3 is 14.5 Å². The summed E-state index contributed by atoms with van der Waals surface area (Å²) in [5, 5.41) is 17.4. The van der Waals surface area contributed by atoms with E-state index in [-0.39, 0.29) is 17.5 Å². The fraction of sp³-hybridized carbons (Fsp3) is 0.333. The molecule has 0 spiro atoms. The van der Waals surface area contributed by atoms with Gasteiger partial charge in [0.1, 0.15) is 6.20 Å². The lowest BCUT2D eigenvalue weighted by atomic mass is 10.1. The summed E-state index contributed by atoms with van der Waals surface area (Å²) in [7, 11) is 0. The normalized spacial score (nSPS) is 18.1. The maximum absolute atomic E-state index is 11.0. The Bertz CT molecular complexity index is 881. The third-order valence-electron chi connectivity index (χ3n) is 3.95. The van der Waals surface area contributed by atoms with Gasteiger partial charge in [0.05, 0.1) is 41.9 Å². The predicted octanol–water partition coefficient (Wildman–Crippen LogP) is 1.82. The number of fused-ring (bicyclic) bond motifs is 1. The van der Waals surface area contributed by atoms with E-state index in [2.05, 4.69) is 20.2 Å². The van der Waals surface area contributed by atoms with Crippen molar-refractivity contribution < 1.29 is 14.4 Å². The van der Waals surface area contributed by atoms with E-state index in [1.807, 2.05) is 18.2 Å². The Balaban J connectivity index is 1.63. The summed E-state index contributed by atoms with van der Waals surface area (Å²) in [4.78, 5) is 18.0. The molecule has 0 bridgehead atoms. The maximum atomic E-state index is 11.0. The Kier molecular flexibility index (Phi) is 3.71. The molecule has 1 aromatic carbocycles. The molecule has 124 valence electrons. The minimum Gasteiger partial charge on any atom is -0.376 e. The minimum atomic E-state index is -0.488. The van der Waals surface area contributed by atoms with Crippen molar-refractivity contribution >= 4 is 16.7 Å². The lowest BCUT2D eigenvalue weighted by molar-refractivity contribution is -0.384. The first-order valence-electron chi connectivity index (χ1n) is 7.57. The van der Waals surface area contributed by atoms with Gasteiger partial charge in [0.15, 0.2) is 11.5 Å². The number of imidazole rings is 1. The van der Waals surface area contributed by atoms with Gasteiger partial charge in [-0.15, -0.1) is 0 Å². The van der Waals surface area contributed by atoms with E-state index in [1.54, 1.807) is 0 Å². The monoisotopic (exact) mass is 329 g/mol. The van der Waals surface area contributed by atoms with Gasteiger partial charge in [0.2, 0.25) is 0 Å². The van der Waals surface area contributed by atoms with Crippen molar-refractivity contribution in [2.75, 3.05) is 19.8 Å². The highest BCUT2D eigenvalue weighted by atomic mass is 16.6. The zero-order valence-corrected chi connectivity index (χ0v) is 12.7. The molecule has 0 radical (unpaired) electrons. The molecule has 1 aliphatic rings. The van der Waals surface area contributed by atoms with E-state index in [0.717, 1.165) is 23.0 Å². The average molecular weight is 329 g/mol. The number of hydrogen-bond donors (Lipinski definition) is 2. The zero-order valence-electron chi connectivity index (χ0n) is 12.7. The molecule has 3 aromatic rings. The summed E-state index contributed by atoms with van der Waals surface area (Å²) in [6.45, 7) is 1.85. The molecule has 0 amide bonds. The lowest BCUT2D eigenvalue weighted by Crippen LogP contribution is -2.30. The van der Waals surface area contributed by atoms with Crippen LogP contribution in [0.15, 0.2) is 24.4 Å². The Labute approximate surface area is 136 Å². The number of nitrogens with zero attached hydrogens (tertiary/aromatic N) is 3. The molecule has 0 unspecified atom stereocenters. The Morgan fingerprint density at radius 1 is 1.38 bits per heavy atom. The van der Waals surface area contributed by atoms with E-state index in [1.165, 1.54) is 6.20 Å². The van der Waals surface area contributed by atoms with Crippen molar-refractivity contribution in [2.24, 2.45) is 0 Å². The molecule has 1 aliphatic heterocycles. The highest BCUT2D eigenvalue weighted by molar-refractivity contribution is 5.80.